The summed E-state index contributed by atoms with van der Waals surface area (Å²) < 4.78 is 7.30. The van der Waals surface area contributed by atoms with E-state index in [2.05, 4.69) is 10.3 Å². The van der Waals surface area contributed by atoms with Crippen LogP contribution in [-0.2, 0) is 4.74 Å². The minimum absolute atomic E-state index is 0.0954. The van der Waals surface area contributed by atoms with Gasteiger partial charge >= 0.3 is 0 Å². The van der Waals surface area contributed by atoms with Crippen LogP contribution in [0.25, 0.3) is 5.52 Å². The number of hydrogen-bond donors (Lipinski definition) is 2. The Hall–Kier alpha value is -1.59. The zero-order chi connectivity index (χ0) is 11.0. The number of aromatic nitrogens is 2. The van der Waals surface area contributed by atoms with Crippen LogP contribution in [0, 0.1) is 0 Å². The van der Waals surface area contributed by atoms with Crippen molar-refractivity contribution in [2.24, 2.45) is 0 Å². The first-order valence-electron chi connectivity index (χ1n) is 5.32. The number of nitrogens with zero attached hydrogens (tertiary/aromatic N) is 2. The molecule has 1 saturated heterocycles. The summed E-state index contributed by atoms with van der Waals surface area (Å²) in [4.78, 5) is 4.37. The molecule has 16 heavy (non-hydrogen) atoms. The summed E-state index contributed by atoms with van der Waals surface area (Å²) in [6.45, 7) is 2.19. The van der Waals surface area contributed by atoms with E-state index in [4.69, 9.17) is 4.74 Å². The Kier molecular flexibility index (Phi) is 2.27. The van der Waals surface area contributed by atoms with Gasteiger partial charge in [-0.1, -0.05) is 0 Å². The Labute approximate surface area is 92.7 Å². The molecule has 0 spiro atoms. The Morgan fingerprint density at radius 2 is 2.44 bits per heavy atom. The van der Waals surface area contributed by atoms with E-state index in [0.29, 0.717) is 6.61 Å². The molecule has 3 heterocycles. The Balaban J connectivity index is 2.05. The summed E-state index contributed by atoms with van der Waals surface area (Å²) in [6.07, 6.45) is 3.47. The van der Waals surface area contributed by atoms with Gasteiger partial charge in [0.2, 0.25) is 0 Å². The predicted octanol–water partition coefficient (Wildman–Crippen LogP) is 0.701. The van der Waals surface area contributed by atoms with Gasteiger partial charge in [0, 0.05) is 6.54 Å². The van der Waals surface area contributed by atoms with Gasteiger partial charge in [-0.2, -0.15) is 0 Å². The summed E-state index contributed by atoms with van der Waals surface area (Å²) in [5, 5.41) is 12.8. The minimum atomic E-state index is 0.0954. The lowest BCUT2D eigenvalue weighted by Gasteiger charge is -2.22. The van der Waals surface area contributed by atoms with E-state index in [9.17, 15) is 5.11 Å². The number of imidazole rings is 1. The van der Waals surface area contributed by atoms with E-state index in [0.717, 1.165) is 24.5 Å². The molecule has 0 aromatic carbocycles. The molecular formula is C11H13N3O2. The molecule has 1 aliphatic rings. The first-order valence-corrected chi connectivity index (χ1v) is 5.32. The number of fused-ring (bicyclic) bond motifs is 1. The Morgan fingerprint density at radius 1 is 1.50 bits per heavy atom. The largest absolute Gasteiger partial charge is 0.506 e. The number of rotatable bonds is 1. The molecule has 0 aliphatic carbocycles. The van der Waals surface area contributed by atoms with E-state index in [-0.39, 0.29) is 11.8 Å². The van der Waals surface area contributed by atoms with Gasteiger partial charge in [-0.3, -0.25) is 4.40 Å². The Morgan fingerprint density at radius 3 is 3.25 bits per heavy atom. The van der Waals surface area contributed by atoms with Gasteiger partial charge in [0.1, 0.15) is 11.6 Å². The monoisotopic (exact) mass is 219 g/mol. The molecule has 2 aromatic rings. The molecule has 5 heteroatoms. The molecule has 2 aromatic heterocycles. The molecule has 1 unspecified atom stereocenters. The van der Waals surface area contributed by atoms with Crippen LogP contribution in [0.2, 0.25) is 0 Å². The normalized spacial score (nSPS) is 21.4. The molecule has 1 aliphatic heterocycles. The third-order valence-corrected chi connectivity index (χ3v) is 2.77. The van der Waals surface area contributed by atoms with Crippen LogP contribution in [0.15, 0.2) is 24.5 Å². The highest BCUT2D eigenvalue weighted by molar-refractivity contribution is 5.48. The number of aromatic hydroxyl groups is 1. The molecule has 84 valence electrons. The maximum Gasteiger partial charge on any atom is 0.132 e. The van der Waals surface area contributed by atoms with E-state index >= 15 is 0 Å². The van der Waals surface area contributed by atoms with Crippen molar-refractivity contribution < 1.29 is 9.84 Å². The molecule has 0 radical (unpaired) electrons. The standard InChI is InChI=1S/C11H13N3O2/c15-9-2-1-8-5-13-11(14(8)6-9)10-7-16-4-3-12-10/h1-2,5-6,10,12,15H,3-4,7H2. The predicted molar refractivity (Wildman–Crippen MR) is 58.4 cm³/mol. The van der Waals surface area contributed by atoms with E-state index in [1.165, 1.54) is 0 Å². The van der Waals surface area contributed by atoms with Crippen LogP contribution in [-0.4, -0.2) is 34.2 Å². The number of morpholine rings is 1. The van der Waals surface area contributed by atoms with Gasteiger partial charge in [-0.05, 0) is 12.1 Å². The van der Waals surface area contributed by atoms with E-state index in [1.807, 2.05) is 10.5 Å². The first kappa shape index (κ1) is 9.62. The van der Waals surface area contributed by atoms with Gasteiger partial charge in [-0.15, -0.1) is 0 Å². The van der Waals surface area contributed by atoms with E-state index in [1.54, 1.807) is 18.5 Å². The molecular weight excluding hydrogens is 206 g/mol. The minimum Gasteiger partial charge on any atom is -0.506 e. The number of hydrogen-bond acceptors (Lipinski definition) is 4. The van der Waals surface area contributed by atoms with Crippen molar-refractivity contribution in [1.29, 1.82) is 0 Å². The average molecular weight is 219 g/mol. The maximum absolute atomic E-state index is 9.47. The van der Waals surface area contributed by atoms with Gasteiger partial charge in [0.25, 0.3) is 0 Å². The summed E-state index contributed by atoms with van der Waals surface area (Å²) >= 11 is 0. The topological polar surface area (TPSA) is 58.8 Å². The van der Waals surface area contributed by atoms with Crippen LogP contribution in [0.4, 0.5) is 0 Å². The van der Waals surface area contributed by atoms with Crippen molar-refractivity contribution in [1.82, 2.24) is 14.7 Å². The van der Waals surface area contributed by atoms with Crippen LogP contribution in [0.3, 0.4) is 0 Å². The van der Waals surface area contributed by atoms with Gasteiger partial charge < -0.3 is 15.2 Å². The molecule has 3 rings (SSSR count). The second kappa shape index (κ2) is 3.77. The lowest BCUT2D eigenvalue weighted by atomic mass is 10.2. The van der Waals surface area contributed by atoms with Gasteiger partial charge in [-0.25, -0.2) is 4.98 Å². The fourth-order valence-corrected chi connectivity index (χ4v) is 1.99. The van der Waals surface area contributed by atoms with E-state index < -0.39 is 0 Å². The van der Waals surface area contributed by atoms with Crippen LogP contribution in [0.1, 0.15) is 11.9 Å². The third kappa shape index (κ3) is 1.54. The number of ether oxygens (including phenoxy) is 1. The summed E-state index contributed by atoms with van der Waals surface area (Å²) in [7, 11) is 0. The van der Waals surface area contributed by atoms with Crippen molar-refractivity contribution in [2.45, 2.75) is 6.04 Å². The molecule has 1 atom stereocenters. The second-order valence-electron chi connectivity index (χ2n) is 3.88. The van der Waals surface area contributed by atoms with Crippen molar-refractivity contribution in [2.75, 3.05) is 19.8 Å². The highest BCUT2D eigenvalue weighted by Gasteiger charge is 2.19. The SMILES string of the molecule is Oc1ccc2cnc(C3COCCN3)n2c1. The zero-order valence-corrected chi connectivity index (χ0v) is 8.76. The third-order valence-electron chi connectivity index (χ3n) is 2.77. The average Bonchev–Trinajstić information content (AvgIpc) is 2.73. The van der Waals surface area contributed by atoms with Crippen molar-refractivity contribution in [3.63, 3.8) is 0 Å². The van der Waals surface area contributed by atoms with Crippen molar-refractivity contribution >= 4 is 5.52 Å². The molecule has 0 bridgehead atoms. The number of nitrogens with one attached hydrogen (secondary N) is 1. The summed E-state index contributed by atoms with van der Waals surface area (Å²) in [5.74, 6) is 1.12. The highest BCUT2D eigenvalue weighted by Crippen LogP contribution is 2.19. The van der Waals surface area contributed by atoms with Gasteiger partial charge in [0.05, 0.1) is 37.2 Å². The molecule has 1 fully saturated rings. The molecule has 2 N–H and O–H groups in total. The lowest BCUT2D eigenvalue weighted by Crippen LogP contribution is -2.35. The summed E-state index contributed by atoms with van der Waals surface area (Å²) in [6, 6.07) is 3.60. The zero-order valence-electron chi connectivity index (χ0n) is 8.76. The van der Waals surface area contributed by atoms with Crippen molar-refractivity contribution in [3.8, 4) is 5.75 Å². The highest BCUT2D eigenvalue weighted by atomic mass is 16.5. The van der Waals surface area contributed by atoms with Crippen LogP contribution in [0.5, 0.6) is 5.75 Å². The summed E-state index contributed by atoms with van der Waals surface area (Å²) in [5.41, 5.74) is 0.972. The second-order valence-corrected chi connectivity index (χ2v) is 3.88. The Bertz CT molecular complexity index is 503. The van der Waals surface area contributed by atoms with Crippen molar-refractivity contribution in [3.05, 3.63) is 30.4 Å². The first-order chi connectivity index (χ1) is 7.84. The maximum atomic E-state index is 9.47. The van der Waals surface area contributed by atoms with Gasteiger partial charge in [0.15, 0.2) is 0 Å². The fourth-order valence-electron chi connectivity index (χ4n) is 1.99. The quantitative estimate of drug-likeness (QED) is 0.741. The fraction of sp³-hybridized carbons (Fsp3) is 0.364. The smallest absolute Gasteiger partial charge is 0.132 e. The lowest BCUT2D eigenvalue weighted by molar-refractivity contribution is 0.0740. The molecule has 0 amide bonds. The molecule has 0 saturated carbocycles. The molecule has 5 nitrogen and oxygen atoms in total. The number of pyridine rings is 1. The van der Waals surface area contributed by atoms with Crippen LogP contribution < -0.4 is 5.32 Å². The van der Waals surface area contributed by atoms with Crippen LogP contribution >= 0.6 is 0 Å².